The van der Waals surface area contributed by atoms with E-state index in [1.807, 2.05) is 115 Å². The number of ether oxygens (including phenoxy) is 7. The summed E-state index contributed by atoms with van der Waals surface area (Å²) < 4.78 is 45.0. The van der Waals surface area contributed by atoms with E-state index < -0.39 is 36.3 Å². The highest BCUT2D eigenvalue weighted by molar-refractivity contribution is 6.31. The highest BCUT2D eigenvalue weighted by atomic mass is 35.5. The second kappa shape index (κ2) is 17.3. The predicted molar refractivity (Wildman–Crippen MR) is 202 cm³/mol. The van der Waals surface area contributed by atoms with Gasteiger partial charge in [-0.25, -0.2) is 0 Å². The normalized spacial score (nSPS) is 23.5. The molecule has 5 atom stereocenters. The van der Waals surface area contributed by atoms with Gasteiger partial charge in [0.15, 0.2) is 23.4 Å². The van der Waals surface area contributed by atoms with Crippen LogP contribution in [0.5, 0.6) is 11.5 Å². The summed E-state index contributed by atoms with van der Waals surface area (Å²) in [6, 6.07) is 40.2. The molecule has 2 aliphatic heterocycles. The number of carbonyl (C=O) groups excluding carboxylic acids is 1. The Labute approximate surface area is 320 Å². The van der Waals surface area contributed by atoms with Crippen LogP contribution in [-0.2, 0) is 60.5 Å². The molecule has 0 bridgehead atoms. The first kappa shape index (κ1) is 37.7. The van der Waals surface area contributed by atoms with E-state index in [1.54, 1.807) is 12.1 Å². The van der Waals surface area contributed by atoms with Gasteiger partial charge in [0.25, 0.3) is 0 Å². The SMILES string of the molecule is CO[C@@]1(c2ccc(Cl)c(Cc3ccc4c(c3)OCCO4)c2)O[C@](C=O)(CO)[C@@H](OCc2ccccc2)[C@H](OCc2ccccc2)[C@H]1OCc1ccccc1. The first-order valence-electron chi connectivity index (χ1n) is 17.9. The van der Waals surface area contributed by atoms with Crippen LogP contribution in [-0.4, -0.2) is 62.2 Å². The first-order chi connectivity index (χ1) is 26.5. The number of rotatable bonds is 15. The molecule has 5 aromatic rings. The van der Waals surface area contributed by atoms with E-state index in [4.69, 9.17) is 44.8 Å². The van der Waals surface area contributed by atoms with Crippen LogP contribution in [0.3, 0.4) is 0 Å². The summed E-state index contributed by atoms with van der Waals surface area (Å²) in [7, 11) is 1.49. The molecular weight excluding hydrogens is 708 g/mol. The van der Waals surface area contributed by atoms with Gasteiger partial charge in [0.05, 0.1) is 26.4 Å². The molecule has 0 spiro atoms. The van der Waals surface area contributed by atoms with Crippen LogP contribution in [0.4, 0.5) is 0 Å². The van der Waals surface area contributed by atoms with E-state index in [9.17, 15) is 9.90 Å². The molecule has 54 heavy (non-hydrogen) atoms. The maximum Gasteiger partial charge on any atom is 0.225 e. The molecule has 1 fully saturated rings. The number of hydrogen-bond donors (Lipinski definition) is 1. The first-order valence-corrected chi connectivity index (χ1v) is 18.3. The summed E-state index contributed by atoms with van der Waals surface area (Å²) in [5, 5.41) is 11.7. The van der Waals surface area contributed by atoms with Gasteiger partial charge in [0, 0.05) is 17.7 Å². The van der Waals surface area contributed by atoms with E-state index in [0.29, 0.717) is 48.0 Å². The maximum atomic E-state index is 13.4. The van der Waals surface area contributed by atoms with E-state index in [-0.39, 0.29) is 19.8 Å². The molecule has 0 aromatic heterocycles. The summed E-state index contributed by atoms with van der Waals surface area (Å²) in [5.41, 5.74) is 2.94. The van der Waals surface area contributed by atoms with Gasteiger partial charge in [-0.1, -0.05) is 115 Å². The number of methoxy groups -OCH3 is 1. The Morgan fingerprint density at radius 2 is 1.28 bits per heavy atom. The fourth-order valence-electron chi connectivity index (χ4n) is 7.05. The standard InChI is InChI=1S/C44H43ClO9/c1-48-44(36-18-19-37(45)35(25-36)23-34-17-20-38-39(24-34)50-22-21-49-38)42(53-28-33-15-9-4-10-16-33)40(51-26-31-11-5-2-6-12-31)41(43(29-46,30-47)54-44)52-27-32-13-7-3-8-14-32/h2-20,24-25,29,40-42,47H,21-23,26-28,30H2,1H3/t40-,41-,42+,43+,44-/m0/s1. The number of hydrogen-bond acceptors (Lipinski definition) is 9. The van der Waals surface area contributed by atoms with Gasteiger partial charge in [0.2, 0.25) is 5.79 Å². The highest BCUT2D eigenvalue weighted by Gasteiger charge is 2.64. The Hall–Kier alpha value is -4.58. The van der Waals surface area contributed by atoms with Crippen LogP contribution in [0.1, 0.15) is 33.4 Å². The third kappa shape index (κ3) is 8.09. The second-order valence-corrected chi connectivity index (χ2v) is 13.8. The topological polar surface area (TPSA) is 102 Å². The van der Waals surface area contributed by atoms with Crippen LogP contribution >= 0.6 is 11.6 Å². The van der Waals surface area contributed by atoms with Crippen molar-refractivity contribution in [2.45, 2.75) is 55.9 Å². The van der Waals surface area contributed by atoms with Gasteiger partial charge in [-0.15, -0.1) is 0 Å². The summed E-state index contributed by atoms with van der Waals surface area (Å²) in [4.78, 5) is 13.4. The van der Waals surface area contributed by atoms with Crippen molar-refractivity contribution in [3.05, 3.63) is 166 Å². The van der Waals surface area contributed by atoms with Crippen molar-refractivity contribution in [1.82, 2.24) is 0 Å². The molecule has 10 heteroatoms. The quantitative estimate of drug-likeness (QED) is 0.111. The molecule has 280 valence electrons. The Balaban J connectivity index is 1.33. The van der Waals surface area contributed by atoms with Crippen LogP contribution in [0, 0.1) is 0 Å². The van der Waals surface area contributed by atoms with Gasteiger partial charge in [-0.3, -0.25) is 4.79 Å². The lowest BCUT2D eigenvalue weighted by Crippen LogP contribution is -2.72. The molecule has 1 N–H and O–H groups in total. The molecular formula is C44H43ClO9. The van der Waals surface area contributed by atoms with Crippen LogP contribution in [0.2, 0.25) is 5.02 Å². The van der Waals surface area contributed by atoms with Gasteiger partial charge in [-0.05, 0) is 58.5 Å². The van der Waals surface area contributed by atoms with Crippen molar-refractivity contribution in [3.8, 4) is 11.5 Å². The number of halogens is 1. The molecule has 7 rings (SSSR count). The minimum absolute atomic E-state index is 0.113. The van der Waals surface area contributed by atoms with Crippen molar-refractivity contribution in [3.63, 3.8) is 0 Å². The Morgan fingerprint density at radius 3 is 1.85 bits per heavy atom. The van der Waals surface area contributed by atoms with E-state index in [2.05, 4.69) is 0 Å². The summed E-state index contributed by atoms with van der Waals surface area (Å²) in [6.07, 6.45) is -2.14. The average molecular weight is 751 g/mol. The third-order valence-electron chi connectivity index (χ3n) is 9.82. The fourth-order valence-corrected chi connectivity index (χ4v) is 7.23. The molecule has 0 aliphatic carbocycles. The Morgan fingerprint density at radius 1 is 0.704 bits per heavy atom. The molecule has 2 heterocycles. The van der Waals surface area contributed by atoms with Crippen molar-refractivity contribution in [2.24, 2.45) is 0 Å². The lowest BCUT2D eigenvalue weighted by molar-refractivity contribution is -0.401. The Kier molecular flexibility index (Phi) is 12.1. The molecule has 9 nitrogen and oxygen atoms in total. The lowest BCUT2D eigenvalue weighted by atomic mass is 9.80. The minimum atomic E-state index is -1.94. The van der Waals surface area contributed by atoms with Crippen LogP contribution < -0.4 is 9.47 Å². The summed E-state index contributed by atoms with van der Waals surface area (Å²) in [6.45, 7) is 0.658. The van der Waals surface area contributed by atoms with Crippen molar-refractivity contribution in [1.29, 1.82) is 0 Å². The number of aliphatic hydroxyl groups is 1. The lowest BCUT2D eigenvalue weighted by Gasteiger charge is -2.55. The van der Waals surface area contributed by atoms with Crippen LogP contribution in [0.15, 0.2) is 127 Å². The molecule has 0 radical (unpaired) electrons. The second-order valence-electron chi connectivity index (χ2n) is 13.4. The number of benzene rings is 5. The zero-order valence-corrected chi connectivity index (χ0v) is 30.7. The minimum Gasteiger partial charge on any atom is -0.486 e. The summed E-state index contributed by atoms with van der Waals surface area (Å²) >= 11 is 6.86. The number of aliphatic hydroxyl groups excluding tert-OH is 1. The number of aldehydes is 1. The molecule has 0 saturated carbocycles. The van der Waals surface area contributed by atoms with Gasteiger partial charge in [-0.2, -0.15) is 0 Å². The average Bonchev–Trinajstić information content (AvgIpc) is 3.23. The van der Waals surface area contributed by atoms with Crippen molar-refractivity contribution in [2.75, 3.05) is 26.9 Å². The zero-order chi connectivity index (χ0) is 37.4. The predicted octanol–water partition coefficient (Wildman–Crippen LogP) is 7.22. The van der Waals surface area contributed by atoms with Crippen LogP contribution in [0.25, 0.3) is 0 Å². The monoisotopic (exact) mass is 750 g/mol. The fraction of sp³-hybridized carbons (Fsp3) is 0.295. The highest BCUT2D eigenvalue weighted by Crippen LogP contribution is 2.48. The van der Waals surface area contributed by atoms with Crippen molar-refractivity contribution < 1.29 is 43.1 Å². The molecule has 5 aromatic carbocycles. The summed E-state index contributed by atoms with van der Waals surface area (Å²) in [5.74, 6) is -0.432. The van der Waals surface area contributed by atoms with E-state index >= 15 is 0 Å². The number of carbonyl (C=O) groups is 1. The Bertz CT molecular complexity index is 1980. The number of fused-ring (bicyclic) bond motifs is 1. The largest absolute Gasteiger partial charge is 0.486 e. The molecule has 0 amide bonds. The van der Waals surface area contributed by atoms with Gasteiger partial charge < -0.3 is 38.3 Å². The van der Waals surface area contributed by atoms with E-state index in [1.165, 1.54) is 7.11 Å². The molecule has 0 unspecified atom stereocenters. The molecule has 1 saturated heterocycles. The third-order valence-corrected chi connectivity index (χ3v) is 10.2. The van der Waals surface area contributed by atoms with Gasteiger partial charge in [0.1, 0.15) is 31.5 Å². The van der Waals surface area contributed by atoms with Gasteiger partial charge >= 0.3 is 0 Å². The van der Waals surface area contributed by atoms with E-state index in [0.717, 1.165) is 27.8 Å². The maximum absolute atomic E-state index is 13.4. The zero-order valence-electron chi connectivity index (χ0n) is 30.0. The molecule has 2 aliphatic rings. The smallest absolute Gasteiger partial charge is 0.225 e. The van der Waals surface area contributed by atoms with Crippen molar-refractivity contribution >= 4 is 17.9 Å².